The van der Waals surface area contributed by atoms with Crippen LogP contribution in [0.2, 0.25) is 5.02 Å². The summed E-state index contributed by atoms with van der Waals surface area (Å²) in [6.45, 7) is 3.77. The monoisotopic (exact) mass is 417 g/mol. The van der Waals surface area contributed by atoms with Gasteiger partial charge in [-0.2, -0.15) is 0 Å². The van der Waals surface area contributed by atoms with Crippen molar-refractivity contribution in [3.63, 3.8) is 0 Å². The third kappa shape index (κ3) is 6.17. The number of hydrogen-bond acceptors (Lipinski definition) is 3. The average Bonchev–Trinajstić information content (AvgIpc) is 2.70. The minimum atomic E-state index is -0.292. The molecule has 0 heterocycles. The lowest BCUT2D eigenvalue weighted by atomic mass is 10.1. The molecule has 0 atom stereocenters. The van der Waals surface area contributed by atoms with Crippen LogP contribution in [0.5, 0.6) is 11.5 Å². The molecule has 0 fully saturated rings. The molecule has 6 heteroatoms. The first kappa shape index (κ1) is 21.1. The van der Waals surface area contributed by atoms with E-state index in [0.29, 0.717) is 36.2 Å². The topological polar surface area (TPSA) is 30.5 Å². The van der Waals surface area contributed by atoms with Gasteiger partial charge in [-0.1, -0.05) is 35.9 Å². The summed E-state index contributed by atoms with van der Waals surface area (Å²) in [4.78, 5) is 0. The van der Waals surface area contributed by atoms with Crippen molar-refractivity contribution in [2.75, 3.05) is 6.61 Å². The van der Waals surface area contributed by atoms with Crippen molar-refractivity contribution in [2.45, 2.75) is 26.6 Å². The van der Waals surface area contributed by atoms with Crippen molar-refractivity contribution < 1.29 is 18.3 Å². The third-order valence-electron chi connectivity index (χ3n) is 4.24. The van der Waals surface area contributed by atoms with E-state index in [1.165, 1.54) is 24.3 Å². The predicted molar refractivity (Wildman–Crippen MR) is 110 cm³/mol. The highest BCUT2D eigenvalue weighted by Crippen LogP contribution is 2.37. The van der Waals surface area contributed by atoms with Crippen LogP contribution in [0.15, 0.2) is 60.7 Å². The van der Waals surface area contributed by atoms with Crippen LogP contribution in [-0.2, 0) is 19.7 Å². The van der Waals surface area contributed by atoms with Gasteiger partial charge in [-0.05, 0) is 60.0 Å². The Hall–Kier alpha value is -2.63. The van der Waals surface area contributed by atoms with Gasteiger partial charge >= 0.3 is 0 Å². The second-order valence-electron chi connectivity index (χ2n) is 6.48. The molecular formula is C23H22ClF2NO2. The lowest BCUT2D eigenvalue weighted by Crippen LogP contribution is -2.13. The molecule has 0 amide bonds. The number of halogens is 3. The molecule has 0 aliphatic rings. The Morgan fingerprint density at radius 1 is 0.793 bits per heavy atom. The molecule has 3 rings (SSSR count). The predicted octanol–water partition coefficient (Wildman–Crippen LogP) is 5.89. The maximum Gasteiger partial charge on any atom is 0.180 e. The molecule has 0 aromatic heterocycles. The number of hydrogen-bond donors (Lipinski definition) is 1. The molecule has 0 bridgehead atoms. The largest absolute Gasteiger partial charge is 0.490 e. The van der Waals surface area contributed by atoms with E-state index in [0.717, 1.165) is 16.7 Å². The molecule has 0 unspecified atom stereocenters. The van der Waals surface area contributed by atoms with Crippen LogP contribution in [0.25, 0.3) is 0 Å². The van der Waals surface area contributed by atoms with Crippen LogP contribution in [-0.4, -0.2) is 6.61 Å². The van der Waals surface area contributed by atoms with Gasteiger partial charge in [0.15, 0.2) is 11.5 Å². The summed E-state index contributed by atoms with van der Waals surface area (Å²) >= 11 is 6.44. The first-order valence-electron chi connectivity index (χ1n) is 9.32. The van der Waals surface area contributed by atoms with E-state index < -0.39 is 0 Å². The Bertz CT molecular complexity index is 931. The zero-order valence-electron chi connectivity index (χ0n) is 16.1. The second-order valence-corrected chi connectivity index (χ2v) is 6.89. The van der Waals surface area contributed by atoms with E-state index in [-0.39, 0.29) is 18.2 Å². The second kappa shape index (κ2) is 10.2. The zero-order chi connectivity index (χ0) is 20.6. The van der Waals surface area contributed by atoms with Crippen molar-refractivity contribution in [2.24, 2.45) is 0 Å². The van der Waals surface area contributed by atoms with E-state index in [2.05, 4.69) is 5.32 Å². The van der Waals surface area contributed by atoms with E-state index in [4.69, 9.17) is 21.1 Å². The van der Waals surface area contributed by atoms with Crippen LogP contribution in [0, 0.1) is 11.6 Å². The van der Waals surface area contributed by atoms with Crippen molar-refractivity contribution in [3.8, 4) is 11.5 Å². The van der Waals surface area contributed by atoms with Crippen molar-refractivity contribution in [1.29, 1.82) is 0 Å². The first-order chi connectivity index (χ1) is 14.0. The summed E-state index contributed by atoms with van der Waals surface area (Å²) in [7, 11) is 0. The van der Waals surface area contributed by atoms with E-state index in [9.17, 15) is 8.78 Å². The quantitative estimate of drug-likeness (QED) is 0.471. The highest BCUT2D eigenvalue weighted by molar-refractivity contribution is 6.32. The van der Waals surface area contributed by atoms with Crippen molar-refractivity contribution in [3.05, 3.63) is 94.0 Å². The maximum atomic E-state index is 13.0. The molecular weight excluding hydrogens is 396 g/mol. The lowest BCUT2D eigenvalue weighted by molar-refractivity contribution is 0.269. The van der Waals surface area contributed by atoms with Gasteiger partial charge < -0.3 is 14.8 Å². The Balaban J connectivity index is 1.66. The van der Waals surface area contributed by atoms with Gasteiger partial charge in [0.2, 0.25) is 0 Å². The smallest absolute Gasteiger partial charge is 0.180 e. The van der Waals surface area contributed by atoms with Gasteiger partial charge in [0.05, 0.1) is 11.6 Å². The van der Waals surface area contributed by atoms with Gasteiger partial charge in [-0.3, -0.25) is 0 Å². The number of rotatable bonds is 9. The van der Waals surface area contributed by atoms with Crippen LogP contribution in [0.4, 0.5) is 8.78 Å². The molecule has 152 valence electrons. The van der Waals surface area contributed by atoms with Gasteiger partial charge in [0.1, 0.15) is 18.2 Å². The Morgan fingerprint density at radius 3 is 2.00 bits per heavy atom. The summed E-state index contributed by atoms with van der Waals surface area (Å²) in [6, 6.07) is 16.2. The van der Waals surface area contributed by atoms with Crippen LogP contribution >= 0.6 is 11.6 Å². The summed E-state index contributed by atoms with van der Waals surface area (Å²) in [5.41, 5.74) is 2.76. The third-order valence-corrected chi connectivity index (χ3v) is 4.52. The average molecular weight is 418 g/mol. The van der Waals surface area contributed by atoms with Gasteiger partial charge in [0, 0.05) is 13.1 Å². The van der Waals surface area contributed by atoms with Gasteiger partial charge in [0.25, 0.3) is 0 Å². The van der Waals surface area contributed by atoms with Crippen molar-refractivity contribution in [1.82, 2.24) is 5.32 Å². The summed E-state index contributed by atoms with van der Waals surface area (Å²) in [6.07, 6.45) is 0. The van der Waals surface area contributed by atoms with E-state index in [1.54, 1.807) is 24.3 Å². The van der Waals surface area contributed by atoms with Gasteiger partial charge in [-0.15, -0.1) is 0 Å². The SMILES string of the molecule is CCOc1cc(CNCc2ccc(F)cc2)cc(Cl)c1OCc1ccc(F)cc1. The summed E-state index contributed by atoms with van der Waals surface area (Å²) in [5, 5.41) is 3.74. The fourth-order valence-corrected chi connectivity index (χ4v) is 3.10. The first-order valence-corrected chi connectivity index (χ1v) is 9.70. The molecule has 3 nitrogen and oxygen atoms in total. The minimum absolute atomic E-state index is 0.252. The number of ether oxygens (including phenoxy) is 2. The minimum Gasteiger partial charge on any atom is -0.490 e. The standard InChI is InChI=1S/C23H22ClF2NO2/c1-2-28-22-12-18(14-27-13-16-3-7-19(25)8-4-16)11-21(24)23(22)29-15-17-5-9-20(26)10-6-17/h3-12,27H,2,13-15H2,1H3. The zero-order valence-corrected chi connectivity index (χ0v) is 16.8. The van der Waals surface area contributed by atoms with Crippen LogP contribution in [0.1, 0.15) is 23.6 Å². The molecule has 1 N–H and O–H groups in total. The number of benzene rings is 3. The highest BCUT2D eigenvalue weighted by Gasteiger charge is 2.13. The highest BCUT2D eigenvalue weighted by atomic mass is 35.5. The molecule has 29 heavy (non-hydrogen) atoms. The molecule has 0 aliphatic heterocycles. The van der Waals surface area contributed by atoms with E-state index >= 15 is 0 Å². The normalized spacial score (nSPS) is 10.8. The fourth-order valence-electron chi connectivity index (χ4n) is 2.82. The molecule has 0 saturated carbocycles. The molecule has 0 aliphatic carbocycles. The Morgan fingerprint density at radius 2 is 1.38 bits per heavy atom. The Kier molecular flexibility index (Phi) is 7.44. The van der Waals surface area contributed by atoms with Crippen LogP contribution < -0.4 is 14.8 Å². The number of nitrogens with one attached hydrogen (secondary N) is 1. The van der Waals surface area contributed by atoms with E-state index in [1.807, 2.05) is 19.1 Å². The van der Waals surface area contributed by atoms with Crippen LogP contribution in [0.3, 0.4) is 0 Å². The summed E-state index contributed by atoms with van der Waals surface area (Å²) in [5.74, 6) is 0.471. The fraction of sp³-hybridized carbons (Fsp3) is 0.217. The molecule has 3 aromatic carbocycles. The lowest BCUT2D eigenvalue weighted by Gasteiger charge is -2.16. The van der Waals surface area contributed by atoms with Crippen molar-refractivity contribution >= 4 is 11.6 Å². The molecule has 0 spiro atoms. The molecule has 0 saturated heterocycles. The Labute approximate surface area is 174 Å². The molecule has 3 aromatic rings. The van der Waals surface area contributed by atoms with Gasteiger partial charge in [-0.25, -0.2) is 8.78 Å². The summed E-state index contributed by atoms with van der Waals surface area (Å²) < 4.78 is 37.6. The maximum absolute atomic E-state index is 13.0. The molecule has 0 radical (unpaired) electrons.